The summed E-state index contributed by atoms with van der Waals surface area (Å²) in [5, 5.41) is 3.20. The Kier molecular flexibility index (Phi) is 2.21. The van der Waals surface area contributed by atoms with E-state index in [0.717, 1.165) is 13.1 Å². The van der Waals surface area contributed by atoms with Crippen LogP contribution in [0.1, 0.15) is 6.92 Å². The first-order valence-electron chi connectivity index (χ1n) is 4.86. The van der Waals surface area contributed by atoms with Crippen molar-refractivity contribution >= 4 is 5.91 Å². The molecule has 1 amide bonds. The van der Waals surface area contributed by atoms with Gasteiger partial charge in [-0.25, -0.2) is 0 Å². The topological polar surface area (TPSA) is 32.3 Å². The molecule has 0 aromatic carbocycles. The largest absolute Gasteiger partial charge is 0.337 e. The highest BCUT2D eigenvalue weighted by Gasteiger charge is 2.44. The number of fused-ring (bicyclic) bond motifs is 1. The van der Waals surface area contributed by atoms with Gasteiger partial charge in [0.1, 0.15) is 0 Å². The van der Waals surface area contributed by atoms with Crippen molar-refractivity contribution in [3.8, 4) is 0 Å². The van der Waals surface area contributed by atoms with Crippen LogP contribution >= 0.6 is 0 Å². The number of amides is 1. The molecule has 5 heteroatoms. The molecule has 2 unspecified atom stereocenters. The molecule has 2 rings (SSSR count). The third-order valence-electron chi connectivity index (χ3n) is 3.05. The van der Waals surface area contributed by atoms with Crippen LogP contribution in [0.2, 0.25) is 0 Å². The Bertz CT molecular complexity index is 240. The molecule has 1 N–H and O–H groups in total. The minimum absolute atomic E-state index is 0.376. The van der Waals surface area contributed by atoms with Crippen molar-refractivity contribution in [2.75, 3.05) is 26.2 Å². The maximum atomic E-state index is 12.7. The number of rotatable bonds is 1. The van der Waals surface area contributed by atoms with Crippen LogP contribution in [-0.2, 0) is 4.79 Å². The van der Waals surface area contributed by atoms with E-state index in [-0.39, 0.29) is 0 Å². The van der Waals surface area contributed by atoms with Gasteiger partial charge < -0.3 is 10.2 Å². The van der Waals surface area contributed by atoms with Crippen molar-refractivity contribution in [1.82, 2.24) is 10.2 Å². The molecule has 0 spiro atoms. The number of alkyl halides is 2. The summed E-state index contributed by atoms with van der Waals surface area (Å²) in [6, 6.07) is 0. The SMILES string of the molecule is CC(F)(F)C(=O)N1CC2CNCC2C1. The Morgan fingerprint density at radius 3 is 2.29 bits per heavy atom. The first kappa shape index (κ1) is 9.83. The lowest BCUT2D eigenvalue weighted by Gasteiger charge is -2.21. The minimum Gasteiger partial charge on any atom is -0.337 e. The molecular formula is C9H14F2N2O. The number of carbonyl (C=O) groups excluding carboxylic acids is 1. The highest BCUT2D eigenvalue weighted by Crippen LogP contribution is 2.29. The van der Waals surface area contributed by atoms with Crippen molar-refractivity contribution in [2.24, 2.45) is 11.8 Å². The van der Waals surface area contributed by atoms with E-state index in [1.54, 1.807) is 0 Å². The Morgan fingerprint density at radius 2 is 1.86 bits per heavy atom. The average Bonchev–Trinajstić information content (AvgIpc) is 2.58. The summed E-state index contributed by atoms with van der Waals surface area (Å²) in [7, 11) is 0. The van der Waals surface area contributed by atoms with Gasteiger partial charge in [0.25, 0.3) is 5.91 Å². The molecule has 2 aliphatic rings. The first-order chi connectivity index (χ1) is 6.48. The van der Waals surface area contributed by atoms with Crippen LogP contribution in [0.15, 0.2) is 0 Å². The zero-order valence-corrected chi connectivity index (χ0v) is 8.09. The monoisotopic (exact) mass is 204 g/mol. The van der Waals surface area contributed by atoms with Crippen LogP contribution < -0.4 is 5.32 Å². The molecule has 80 valence electrons. The van der Waals surface area contributed by atoms with Crippen molar-refractivity contribution in [3.63, 3.8) is 0 Å². The van der Waals surface area contributed by atoms with Crippen molar-refractivity contribution in [2.45, 2.75) is 12.8 Å². The second-order valence-corrected chi connectivity index (χ2v) is 4.28. The molecule has 0 radical (unpaired) electrons. The summed E-state index contributed by atoms with van der Waals surface area (Å²) < 4.78 is 25.5. The zero-order chi connectivity index (χ0) is 10.3. The smallest absolute Gasteiger partial charge is 0.322 e. The molecule has 2 saturated heterocycles. The fourth-order valence-electron chi connectivity index (χ4n) is 2.30. The number of halogens is 2. The van der Waals surface area contributed by atoms with E-state index in [9.17, 15) is 13.6 Å². The normalized spacial score (nSPS) is 32.1. The Labute approximate surface area is 81.4 Å². The van der Waals surface area contributed by atoms with Gasteiger partial charge in [0.15, 0.2) is 0 Å². The molecule has 0 aromatic heterocycles. The molecule has 2 aliphatic heterocycles. The van der Waals surface area contributed by atoms with Crippen LogP contribution in [0.5, 0.6) is 0 Å². The second-order valence-electron chi connectivity index (χ2n) is 4.28. The lowest BCUT2D eigenvalue weighted by Crippen LogP contribution is -2.41. The Balaban J connectivity index is 1.99. The summed E-state index contributed by atoms with van der Waals surface area (Å²) in [5.74, 6) is -3.49. The number of carbonyl (C=O) groups is 1. The first-order valence-corrected chi connectivity index (χ1v) is 4.86. The van der Waals surface area contributed by atoms with E-state index in [2.05, 4.69) is 5.32 Å². The molecule has 0 saturated carbocycles. The molecule has 0 bridgehead atoms. The molecule has 2 heterocycles. The van der Waals surface area contributed by atoms with Crippen LogP contribution in [-0.4, -0.2) is 42.9 Å². The van der Waals surface area contributed by atoms with E-state index in [0.29, 0.717) is 31.8 Å². The van der Waals surface area contributed by atoms with Crippen molar-refractivity contribution < 1.29 is 13.6 Å². The number of nitrogens with one attached hydrogen (secondary N) is 1. The van der Waals surface area contributed by atoms with Gasteiger partial charge in [-0.2, -0.15) is 8.78 Å². The average molecular weight is 204 g/mol. The van der Waals surface area contributed by atoms with Gasteiger partial charge in [-0.05, 0) is 11.8 Å². The summed E-state index contributed by atoms with van der Waals surface area (Å²) in [5.41, 5.74) is 0. The van der Waals surface area contributed by atoms with E-state index in [4.69, 9.17) is 0 Å². The van der Waals surface area contributed by atoms with Gasteiger partial charge >= 0.3 is 5.92 Å². The second kappa shape index (κ2) is 3.15. The van der Waals surface area contributed by atoms with Gasteiger partial charge in [0.2, 0.25) is 0 Å². The predicted molar refractivity (Wildman–Crippen MR) is 47.1 cm³/mol. The molecule has 0 aromatic rings. The van der Waals surface area contributed by atoms with Crippen LogP contribution in [0.25, 0.3) is 0 Å². The molecule has 2 atom stereocenters. The van der Waals surface area contributed by atoms with Crippen LogP contribution in [0.4, 0.5) is 8.78 Å². The van der Waals surface area contributed by atoms with E-state index >= 15 is 0 Å². The number of hydrogen-bond donors (Lipinski definition) is 1. The number of nitrogens with zero attached hydrogens (tertiary/aromatic N) is 1. The third kappa shape index (κ3) is 1.61. The summed E-state index contributed by atoms with van der Waals surface area (Å²) in [4.78, 5) is 12.6. The summed E-state index contributed by atoms with van der Waals surface area (Å²) in [6.07, 6.45) is 0. The van der Waals surface area contributed by atoms with E-state index < -0.39 is 11.8 Å². The van der Waals surface area contributed by atoms with Crippen LogP contribution in [0.3, 0.4) is 0 Å². The maximum absolute atomic E-state index is 12.7. The van der Waals surface area contributed by atoms with E-state index in [1.807, 2.05) is 0 Å². The highest BCUT2D eigenvalue weighted by molar-refractivity contribution is 5.83. The quantitative estimate of drug-likeness (QED) is 0.667. The highest BCUT2D eigenvalue weighted by atomic mass is 19.3. The van der Waals surface area contributed by atoms with Gasteiger partial charge in [0, 0.05) is 33.1 Å². The number of hydrogen-bond acceptors (Lipinski definition) is 2. The molecule has 14 heavy (non-hydrogen) atoms. The fourth-order valence-corrected chi connectivity index (χ4v) is 2.30. The van der Waals surface area contributed by atoms with Gasteiger partial charge in [-0.15, -0.1) is 0 Å². The van der Waals surface area contributed by atoms with Gasteiger partial charge in [0.05, 0.1) is 0 Å². The lowest BCUT2D eigenvalue weighted by atomic mass is 10.0. The third-order valence-corrected chi connectivity index (χ3v) is 3.05. The predicted octanol–water partition coefficient (Wildman–Crippen LogP) is 0.319. The van der Waals surface area contributed by atoms with Gasteiger partial charge in [-0.1, -0.05) is 0 Å². The van der Waals surface area contributed by atoms with Gasteiger partial charge in [-0.3, -0.25) is 4.79 Å². The summed E-state index contributed by atoms with van der Waals surface area (Å²) in [6.45, 7) is 3.34. The standard InChI is InChI=1S/C9H14F2N2O/c1-9(10,11)8(14)13-4-6-2-12-3-7(6)5-13/h6-7,12H,2-5H2,1H3. The maximum Gasteiger partial charge on any atom is 0.322 e. The fraction of sp³-hybridized carbons (Fsp3) is 0.889. The lowest BCUT2D eigenvalue weighted by molar-refractivity contribution is -0.154. The Hall–Kier alpha value is -0.710. The van der Waals surface area contributed by atoms with Crippen molar-refractivity contribution in [3.05, 3.63) is 0 Å². The zero-order valence-electron chi connectivity index (χ0n) is 8.09. The molecule has 2 fully saturated rings. The molecule has 3 nitrogen and oxygen atoms in total. The van der Waals surface area contributed by atoms with E-state index in [1.165, 1.54) is 4.90 Å². The number of likely N-dealkylation sites (tertiary alicyclic amines) is 1. The Morgan fingerprint density at radius 1 is 1.36 bits per heavy atom. The van der Waals surface area contributed by atoms with Crippen LogP contribution in [0, 0.1) is 11.8 Å². The summed E-state index contributed by atoms with van der Waals surface area (Å²) >= 11 is 0. The minimum atomic E-state index is -3.22. The van der Waals surface area contributed by atoms with Crippen molar-refractivity contribution in [1.29, 1.82) is 0 Å². The molecular weight excluding hydrogens is 190 g/mol. The molecule has 0 aliphatic carbocycles.